The number of tetrazole rings is 1. The zero-order chi connectivity index (χ0) is 22.3. The van der Waals surface area contributed by atoms with Crippen molar-refractivity contribution in [3.8, 4) is 17.1 Å². The maximum absolute atomic E-state index is 13.2. The Morgan fingerprint density at radius 3 is 2.69 bits per heavy atom. The van der Waals surface area contributed by atoms with Gasteiger partial charge >= 0.3 is 6.03 Å². The van der Waals surface area contributed by atoms with Crippen LogP contribution in [-0.4, -0.2) is 47.2 Å². The number of halogens is 1. The summed E-state index contributed by atoms with van der Waals surface area (Å²) in [4.78, 5) is 26.9. The van der Waals surface area contributed by atoms with Crippen molar-refractivity contribution in [2.45, 2.75) is 19.0 Å². The molecule has 1 atom stereocenters. The molecule has 11 nitrogen and oxygen atoms in total. The van der Waals surface area contributed by atoms with E-state index in [2.05, 4.69) is 31.0 Å². The first-order chi connectivity index (χ1) is 15.4. The van der Waals surface area contributed by atoms with Crippen LogP contribution in [0.5, 0.6) is 0 Å². The number of urea groups is 1. The highest BCUT2D eigenvalue weighted by atomic mass is 35.5. The van der Waals surface area contributed by atoms with Gasteiger partial charge in [0.25, 0.3) is 5.91 Å². The van der Waals surface area contributed by atoms with Crippen molar-refractivity contribution in [2.75, 3.05) is 0 Å². The quantitative estimate of drug-likeness (QED) is 0.458. The van der Waals surface area contributed by atoms with Gasteiger partial charge in [0.05, 0.1) is 5.69 Å². The number of nitrogens with one attached hydrogen (secondary N) is 1. The predicted molar refractivity (Wildman–Crippen MR) is 110 cm³/mol. The number of amides is 3. The topological polar surface area (TPSA) is 132 Å². The third-order valence-electron chi connectivity index (χ3n) is 5.16. The molecule has 0 bridgehead atoms. The van der Waals surface area contributed by atoms with Crippen molar-refractivity contribution in [3.63, 3.8) is 0 Å². The molecule has 5 rings (SSSR count). The molecule has 1 aliphatic rings. The van der Waals surface area contributed by atoms with Gasteiger partial charge in [-0.2, -0.15) is 0 Å². The van der Waals surface area contributed by atoms with Crippen LogP contribution >= 0.6 is 11.6 Å². The molecule has 0 aliphatic carbocycles. The van der Waals surface area contributed by atoms with E-state index in [0.29, 0.717) is 21.8 Å². The number of nitrogens with zero attached hydrogens (tertiary/aromatic N) is 7. The molecule has 2 aromatic heterocycles. The molecule has 1 aliphatic heterocycles. The van der Waals surface area contributed by atoms with Crippen LogP contribution < -0.4 is 5.32 Å². The third kappa shape index (κ3) is 3.38. The summed E-state index contributed by atoms with van der Waals surface area (Å²) >= 11 is 5.90. The number of imide groups is 1. The summed E-state index contributed by atoms with van der Waals surface area (Å²) in [5.41, 5.74) is 0.632. The van der Waals surface area contributed by atoms with E-state index in [1.807, 2.05) is 0 Å². The summed E-state index contributed by atoms with van der Waals surface area (Å²) in [5.74, 6) is -0.0478. The minimum Gasteiger partial charge on any atom is -0.419 e. The van der Waals surface area contributed by atoms with Gasteiger partial charge in [-0.1, -0.05) is 23.7 Å². The van der Waals surface area contributed by atoms with Crippen LogP contribution in [0.15, 0.2) is 59.3 Å². The summed E-state index contributed by atoms with van der Waals surface area (Å²) in [7, 11) is 0. The van der Waals surface area contributed by atoms with E-state index >= 15 is 0 Å². The molecule has 4 aromatic rings. The van der Waals surface area contributed by atoms with Gasteiger partial charge in [-0.15, -0.1) is 15.3 Å². The fraction of sp³-hybridized carbons (Fsp3) is 0.150. The number of carbonyl (C=O) groups excluding carboxylic acids is 2. The van der Waals surface area contributed by atoms with Crippen molar-refractivity contribution in [1.29, 1.82) is 0 Å². The number of rotatable bonds is 5. The zero-order valence-electron chi connectivity index (χ0n) is 16.6. The molecule has 160 valence electrons. The highest BCUT2D eigenvalue weighted by Gasteiger charge is 2.49. The van der Waals surface area contributed by atoms with E-state index in [1.165, 1.54) is 11.0 Å². The van der Waals surface area contributed by atoms with E-state index in [1.54, 1.807) is 55.5 Å². The SMILES string of the molecule is C[C@]1(c2cccc(-n3cnnn3)c2)NC(=O)N(Cc2nnc(-c3ccc(Cl)cc3)o2)C1=O. The monoisotopic (exact) mass is 450 g/mol. The molecule has 32 heavy (non-hydrogen) atoms. The number of hydrogen-bond acceptors (Lipinski definition) is 8. The maximum Gasteiger partial charge on any atom is 0.325 e. The van der Waals surface area contributed by atoms with Gasteiger partial charge in [0.15, 0.2) is 0 Å². The summed E-state index contributed by atoms with van der Waals surface area (Å²) in [6.07, 6.45) is 1.44. The van der Waals surface area contributed by atoms with E-state index in [0.717, 1.165) is 4.90 Å². The van der Waals surface area contributed by atoms with Crippen molar-refractivity contribution >= 4 is 23.5 Å². The summed E-state index contributed by atoms with van der Waals surface area (Å²) in [6.45, 7) is 1.48. The van der Waals surface area contributed by atoms with Crippen LogP contribution in [0, 0.1) is 0 Å². The van der Waals surface area contributed by atoms with Crippen molar-refractivity contribution in [3.05, 3.63) is 71.3 Å². The Labute approximate surface area is 186 Å². The average Bonchev–Trinajstić information content (AvgIpc) is 3.53. The van der Waals surface area contributed by atoms with E-state index in [-0.39, 0.29) is 18.3 Å². The van der Waals surface area contributed by atoms with Gasteiger partial charge in [0, 0.05) is 10.6 Å². The Kier molecular flexibility index (Phi) is 4.67. The number of aromatic nitrogens is 6. The molecule has 3 amide bonds. The van der Waals surface area contributed by atoms with Gasteiger partial charge in [-0.3, -0.25) is 9.69 Å². The summed E-state index contributed by atoms with van der Waals surface area (Å²) in [6, 6.07) is 13.4. The fourth-order valence-electron chi connectivity index (χ4n) is 3.44. The predicted octanol–water partition coefficient (Wildman–Crippen LogP) is 2.33. The molecule has 1 N–H and O–H groups in total. The number of hydrogen-bond donors (Lipinski definition) is 1. The minimum absolute atomic E-state index is 0.130. The Bertz CT molecular complexity index is 1300. The van der Waals surface area contributed by atoms with Crippen LogP contribution in [-0.2, 0) is 16.9 Å². The molecular weight excluding hydrogens is 436 g/mol. The van der Waals surface area contributed by atoms with Crippen LogP contribution in [0.2, 0.25) is 5.02 Å². The standard InChI is InChI=1S/C20H15ClN8O3/c1-20(13-3-2-4-15(9-13)29-11-22-26-27-29)18(30)28(19(31)23-20)10-16-24-25-17(32-16)12-5-7-14(21)8-6-12/h2-9,11H,10H2,1H3,(H,23,31)/t20-/m1/s1. The zero-order valence-corrected chi connectivity index (χ0v) is 17.4. The Morgan fingerprint density at radius 2 is 1.94 bits per heavy atom. The van der Waals surface area contributed by atoms with Gasteiger partial charge in [-0.05, 0) is 59.3 Å². The van der Waals surface area contributed by atoms with Crippen LogP contribution in [0.25, 0.3) is 17.1 Å². The first-order valence-electron chi connectivity index (χ1n) is 9.50. The average molecular weight is 451 g/mol. The lowest BCUT2D eigenvalue weighted by atomic mass is 9.91. The van der Waals surface area contributed by atoms with Gasteiger partial charge < -0.3 is 9.73 Å². The van der Waals surface area contributed by atoms with Crippen LogP contribution in [0.3, 0.4) is 0 Å². The number of benzene rings is 2. The molecular formula is C20H15ClN8O3. The van der Waals surface area contributed by atoms with Crippen molar-refractivity contribution in [1.82, 2.24) is 40.6 Å². The molecule has 2 aromatic carbocycles. The first kappa shape index (κ1) is 19.8. The molecule has 0 unspecified atom stereocenters. The highest BCUT2D eigenvalue weighted by Crippen LogP contribution is 2.31. The van der Waals surface area contributed by atoms with Gasteiger partial charge in [0.1, 0.15) is 18.4 Å². The molecule has 0 radical (unpaired) electrons. The van der Waals surface area contributed by atoms with E-state index < -0.39 is 17.5 Å². The molecule has 12 heteroatoms. The third-order valence-corrected chi connectivity index (χ3v) is 5.42. The van der Waals surface area contributed by atoms with E-state index in [4.69, 9.17) is 16.0 Å². The second-order valence-electron chi connectivity index (χ2n) is 7.26. The summed E-state index contributed by atoms with van der Waals surface area (Å²) in [5, 5.41) is 22.4. The molecule has 1 saturated heterocycles. The van der Waals surface area contributed by atoms with Gasteiger partial charge in [-0.25, -0.2) is 9.48 Å². The van der Waals surface area contributed by atoms with Crippen molar-refractivity contribution < 1.29 is 14.0 Å². The first-order valence-corrected chi connectivity index (χ1v) is 9.88. The van der Waals surface area contributed by atoms with E-state index in [9.17, 15) is 9.59 Å². The Hall–Kier alpha value is -4.12. The van der Waals surface area contributed by atoms with Gasteiger partial charge in [0.2, 0.25) is 11.8 Å². The molecule has 0 spiro atoms. The molecule has 1 fully saturated rings. The minimum atomic E-state index is -1.28. The smallest absolute Gasteiger partial charge is 0.325 e. The lowest BCUT2D eigenvalue weighted by Crippen LogP contribution is -2.40. The van der Waals surface area contributed by atoms with Crippen LogP contribution in [0.1, 0.15) is 18.4 Å². The second-order valence-corrected chi connectivity index (χ2v) is 7.70. The van der Waals surface area contributed by atoms with Crippen LogP contribution in [0.4, 0.5) is 4.79 Å². The normalized spacial score (nSPS) is 18.2. The lowest BCUT2D eigenvalue weighted by molar-refractivity contribution is -0.131. The molecule has 0 saturated carbocycles. The largest absolute Gasteiger partial charge is 0.419 e. The highest BCUT2D eigenvalue weighted by molar-refractivity contribution is 6.30. The van der Waals surface area contributed by atoms with Crippen molar-refractivity contribution in [2.24, 2.45) is 0 Å². The maximum atomic E-state index is 13.2. The lowest BCUT2D eigenvalue weighted by Gasteiger charge is -2.22. The Balaban J connectivity index is 1.39. The second kappa shape index (κ2) is 7.54. The fourth-order valence-corrected chi connectivity index (χ4v) is 3.56. The number of carbonyl (C=O) groups is 2. The Morgan fingerprint density at radius 1 is 1.12 bits per heavy atom. The molecule has 3 heterocycles. The summed E-state index contributed by atoms with van der Waals surface area (Å²) < 4.78 is 7.11.